The van der Waals surface area contributed by atoms with Gasteiger partial charge in [-0.3, -0.25) is 0 Å². The number of hydrogen-bond acceptors (Lipinski definition) is 1. The zero-order valence-electron chi connectivity index (χ0n) is 21.9. The van der Waals surface area contributed by atoms with Crippen molar-refractivity contribution in [3.63, 3.8) is 0 Å². The minimum atomic E-state index is 0.396. The van der Waals surface area contributed by atoms with E-state index in [1.54, 1.807) is 0 Å². The fourth-order valence-corrected chi connectivity index (χ4v) is 13.4. The Morgan fingerprint density at radius 3 is 2.34 bits per heavy atom. The minimum Gasteiger partial charge on any atom is -0.381 e. The molecule has 0 aliphatic heterocycles. The van der Waals surface area contributed by atoms with E-state index in [1.807, 2.05) is 7.11 Å². The van der Waals surface area contributed by atoms with Gasteiger partial charge >= 0.3 is 0 Å². The van der Waals surface area contributed by atoms with Crippen LogP contribution in [0.4, 0.5) is 0 Å². The highest BCUT2D eigenvalue weighted by atomic mass is 79.9. The van der Waals surface area contributed by atoms with Gasteiger partial charge in [-0.15, -0.1) is 0 Å². The van der Waals surface area contributed by atoms with Crippen LogP contribution in [0.3, 0.4) is 0 Å². The molecule has 0 aromatic carbocycles. The predicted molar refractivity (Wildman–Crippen MR) is 137 cm³/mol. The number of hydrogen-bond donors (Lipinski definition) is 0. The van der Waals surface area contributed by atoms with Crippen LogP contribution < -0.4 is 0 Å². The highest BCUT2D eigenvalue weighted by Gasteiger charge is 2.77. The maximum absolute atomic E-state index is 6.33. The molecule has 2 heteroatoms. The molecule has 32 heavy (non-hydrogen) atoms. The largest absolute Gasteiger partial charge is 0.381 e. The Labute approximate surface area is 206 Å². The van der Waals surface area contributed by atoms with Crippen molar-refractivity contribution in [2.24, 2.45) is 69.5 Å². The molecule has 0 heterocycles. The van der Waals surface area contributed by atoms with Gasteiger partial charge in [0.05, 0.1) is 6.10 Å². The second-order valence-electron chi connectivity index (χ2n) is 14.7. The van der Waals surface area contributed by atoms with E-state index in [2.05, 4.69) is 57.5 Å². The van der Waals surface area contributed by atoms with Crippen LogP contribution in [0.15, 0.2) is 0 Å². The average Bonchev–Trinajstić information content (AvgIpc) is 3.47. The quantitative estimate of drug-likeness (QED) is 0.341. The third kappa shape index (κ3) is 2.67. The first-order valence-electron chi connectivity index (χ1n) is 14.2. The molecule has 0 bridgehead atoms. The van der Waals surface area contributed by atoms with E-state index >= 15 is 0 Å². The Bertz CT molecular complexity index is 775. The van der Waals surface area contributed by atoms with Gasteiger partial charge in [0.2, 0.25) is 0 Å². The van der Waals surface area contributed by atoms with Crippen LogP contribution in [-0.2, 0) is 4.74 Å². The summed E-state index contributed by atoms with van der Waals surface area (Å²) in [6.07, 6.45) is 13.8. The van der Waals surface area contributed by atoms with E-state index in [1.165, 1.54) is 57.8 Å². The normalized spacial score (nSPS) is 61.0. The van der Waals surface area contributed by atoms with Gasteiger partial charge in [-0.1, -0.05) is 50.5 Å². The summed E-state index contributed by atoms with van der Waals surface area (Å²) in [4.78, 5) is 0. The van der Waals surface area contributed by atoms with Crippen molar-refractivity contribution in [1.29, 1.82) is 0 Å². The second-order valence-corrected chi connectivity index (χ2v) is 16.4. The Hall–Kier alpha value is 0.440. The molecule has 0 unspecified atom stereocenters. The van der Waals surface area contributed by atoms with Crippen LogP contribution in [-0.4, -0.2) is 17.5 Å². The summed E-state index contributed by atoms with van der Waals surface area (Å²) in [6, 6.07) is 0. The molecule has 0 saturated heterocycles. The number of halogens is 1. The van der Waals surface area contributed by atoms with Gasteiger partial charge in [-0.05, 0) is 129 Å². The predicted octanol–water partition coefficient (Wildman–Crippen LogP) is 8.35. The Kier molecular flexibility index (Phi) is 5.02. The molecule has 0 aromatic heterocycles. The summed E-state index contributed by atoms with van der Waals surface area (Å²) < 4.78 is 6.73. The summed E-state index contributed by atoms with van der Waals surface area (Å²) in [5.41, 5.74) is 1.72. The molecule has 0 radical (unpaired) electrons. The first-order valence-corrected chi connectivity index (χ1v) is 15.0. The fourth-order valence-electron chi connectivity index (χ4n) is 12.2. The van der Waals surface area contributed by atoms with Gasteiger partial charge in [0, 0.05) is 16.8 Å². The molecule has 6 saturated carbocycles. The van der Waals surface area contributed by atoms with Crippen molar-refractivity contribution in [2.45, 2.75) is 110 Å². The van der Waals surface area contributed by atoms with Crippen LogP contribution in [0.1, 0.15) is 99.3 Å². The van der Waals surface area contributed by atoms with Gasteiger partial charge in [0.25, 0.3) is 0 Å². The Morgan fingerprint density at radius 1 is 0.969 bits per heavy atom. The molecule has 6 rings (SSSR count). The highest BCUT2D eigenvalue weighted by Crippen LogP contribution is 2.82. The lowest BCUT2D eigenvalue weighted by Gasteiger charge is -2.61. The molecule has 13 atom stereocenters. The Morgan fingerprint density at radius 2 is 1.72 bits per heavy atom. The van der Waals surface area contributed by atoms with E-state index in [4.69, 9.17) is 4.74 Å². The second kappa shape index (κ2) is 7.02. The van der Waals surface area contributed by atoms with Gasteiger partial charge in [0.1, 0.15) is 0 Å². The zero-order chi connectivity index (χ0) is 22.8. The standard InChI is InChI=1S/C30H49BrO/c1-17(2)26-24(29(26,6)31)14-18(3)21-8-9-22-20-15-25(32-7)30-16-19(30)10-13-28(30,5)23(20)11-12-27(21,22)4/h17-26H,8-16H2,1-7H3/t18-,19-,20+,21-,22+,23+,24+,25-,26-,27-,28-,29+,30+/m1/s1. The molecular formula is C30H49BrO. The van der Waals surface area contributed by atoms with Crippen LogP contribution in [0.2, 0.25) is 0 Å². The SMILES string of the molecule is CO[C@@H]1C[C@H]2[C@@H]3CC[C@H]([C@H](C)C[C@H]4[C@@H](C(C)C)[C@@]4(C)Br)[C@@]3(C)CC[C@@H]2[C@@]2(C)CC[C@@H]3C[C@]312. The van der Waals surface area contributed by atoms with E-state index < -0.39 is 0 Å². The zero-order valence-corrected chi connectivity index (χ0v) is 23.5. The smallest absolute Gasteiger partial charge is 0.0638 e. The van der Waals surface area contributed by atoms with Crippen LogP contribution >= 0.6 is 15.9 Å². The van der Waals surface area contributed by atoms with Crippen molar-refractivity contribution in [1.82, 2.24) is 0 Å². The summed E-state index contributed by atoms with van der Waals surface area (Å²) in [5.74, 6) is 8.22. The number of methoxy groups -OCH3 is 1. The summed E-state index contributed by atoms with van der Waals surface area (Å²) in [7, 11) is 2.04. The minimum absolute atomic E-state index is 0.396. The van der Waals surface area contributed by atoms with Crippen LogP contribution in [0.25, 0.3) is 0 Å². The lowest BCUT2D eigenvalue weighted by atomic mass is 9.45. The van der Waals surface area contributed by atoms with Gasteiger partial charge in [-0.25, -0.2) is 0 Å². The van der Waals surface area contributed by atoms with Gasteiger partial charge < -0.3 is 4.74 Å². The monoisotopic (exact) mass is 504 g/mol. The lowest BCUT2D eigenvalue weighted by Crippen LogP contribution is -2.57. The van der Waals surface area contributed by atoms with E-state index in [0.717, 1.165) is 53.3 Å². The van der Waals surface area contributed by atoms with Crippen molar-refractivity contribution >= 4 is 15.9 Å². The van der Waals surface area contributed by atoms with Gasteiger partial charge in [-0.2, -0.15) is 0 Å². The topological polar surface area (TPSA) is 9.23 Å². The first kappa shape index (κ1) is 22.9. The third-order valence-electron chi connectivity index (χ3n) is 13.6. The van der Waals surface area contributed by atoms with Crippen molar-refractivity contribution in [2.75, 3.05) is 7.11 Å². The van der Waals surface area contributed by atoms with E-state index in [0.29, 0.717) is 26.7 Å². The molecule has 0 aromatic rings. The van der Waals surface area contributed by atoms with Crippen LogP contribution in [0.5, 0.6) is 0 Å². The number of ether oxygens (including phenoxy) is 1. The molecule has 1 spiro atoms. The third-order valence-corrected chi connectivity index (χ3v) is 14.8. The summed E-state index contributed by atoms with van der Waals surface area (Å²) >= 11 is 4.13. The molecule has 0 amide bonds. The van der Waals surface area contributed by atoms with E-state index in [9.17, 15) is 0 Å². The number of rotatable bonds is 5. The lowest BCUT2D eigenvalue weighted by molar-refractivity contribution is -0.161. The molecule has 182 valence electrons. The fraction of sp³-hybridized carbons (Fsp3) is 1.00. The average molecular weight is 506 g/mol. The molecule has 6 aliphatic carbocycles. The summed E-state index contributed by atoms with van der Waals surface area (Å²) in [5, 5.41) is 0. The maximum atomic E-state index is 6.33. The van der Waals surface area contributed by atoms with Crippen molar-refractivity contribution < 1.29 is 4.74 Å². The Balaban J connectivity index is 1.22. The van der Waals surface area contributed by atoms with Crippen LogP contribution in [0, 0.1) is 69.5 Å². The molecule has 0 N–H and O–H groups in total. The molecule has 6 aliphatic rings. The molecule has 6 fully saturated rings. The molecule has 1 nitrogen and oxygen atoms in total. The van der Waals surface area contributed by atoms with Gasteiger partial charge in [0.15, 0.2) is 0 Å². The highest BCUT2D eigenvalue weighted by molar-refractivity contribution is 9.10. The number of alkyl halides is 1. The first-order chi connectivity index (χ1) is 15.0. The van der Waals surface area contributed by atoms with Crippen molar-refractivity contribution in [3.05, 3.63) is 0 Å². The van der Waals surface area contributed by atoms with Crippen molar-refractivity contribution in [3.8, 4) is 0 Å². The number of fused-ring (bicyclic) bond motifs is 4. The maximum Gasteiger partial charge on any atom is 0.0638 e. The molecular weight excluding hydrogens is 456 g/mol. The van der Waals surface area contributed by atoms with E-state index in [-0.39, 0.29) is 0 Å². The summed E-state index contributed by atoms with van der Waals surface area (Å²) in [6.45, 7) is 15.4.